The third kappa shape index (κ3) is 7.78. The van der Waals surface area contributed by atoms with Crippen LogP contribution in [0.15, 0.2) is 48.5 Å². The Hall–Kier alpha value is -2.41. The van der Waals surface area contributed by atoms with E-state index in [0.717, 1.165) is 61.2 Å². The monoisotopic (exact) mass is 388 g/mol. The summed E-state index contributed by atoms with van der Waals surface area (Å²) in [6, 6.07) is 13.6. The molecule has 0 aromatic heterocycles. The van der Waals surface area contributed by atoms with Crippen molar-refractivity contribution in [3.8, 4) is 0 Å². The molecule has 0 atom stereocenters. The number of hydrogen-bond donors (Lipinski definition) is 0. The van der Waals surface area contributed by atoms with E-state index in [9.17, 15) is 20.2 Å². The van der Waals surface area contributed by atoms with E-state index in [0.29, 0.717) is 0 Å². The first-order valence-corrected chi connectivity index (χ1v) is 10.3. The van der Waals surface area contributed by atoms with E-state index in [4.69, 9.17) is 0 Å². The lowest BCUT2D eigenvalue weighted by Crippen LogP contribution is -1.92. The molecule has 2 aromatic carbocycles. The van der Waals surface area contributed by atoms with Crippen LogP contribution in [-0.2, 0) is 12.8 Å². The van der Waals surface area contributed by atoms with Crippen LogP contribution < -0.4 is 0 Å². The van der Waals surface area contributed by atoms with Crippen LogP contribution in [0.1, 0.15) is 36.8 Å². The molecule has 0 fully saturated rings. The average molecular weight is 388 g/mol. The van der Waals surface area contributed by atoms with Crippen molar-refractivity contribution in [3.63, 3.8) is 0 Å². The van der Waals surface area contributed by atoms with Gasteiger partial charge >= 0.3 is 0 Å². The van der Waals surface area contributed by atoms with Gasteiger partial charge in [0.15, 0.2) is 0 Å². The fraction of sp³-hybridized carbons (Fsp3) is 0.400. The van der Waals surface area contributed by atoms with Gasteiger partial charge in [0, 0.05) is 24.3 Å². The van der Waals surface area contributed by atoms with E-state index in [2.05, 4.69) is 0 Å². The highest BCUT2D eigenvalue weighted by atomic mass is 32.2. The number of benzene rings is 2. The first-order valence-electron chi connectivity index (χ1n) is 9.10. The van der Waals surface area contributed by atoms with Crippen LogP contribution in [-0.4, -0.2) is 21.4 Å². The highest BCUT2D eigenvalue weighted by Gasteiger charge is 2.04. The lowest BCUT2D eigenvalue weighted by Gasteiger charge is -2.04. The van der Waals surface area contributed by atoms with Crippen molar-refractivity contribution in [3.05, 3.63) is 79.9 Å². The Morgan fingerprint density at radius 2 is 1.00 bits per heavy atom. The fourth-order valence-corrected chi connectivity index (χ4v) is 3.76. The second-order valence-corrected chi connectivity index (χ2v) is 7.60. The quantitative estimate of drug-likeness (QED) is 0.269. The maximum Gasteiger partial charge on any atom is 0.269 e. The standard InChI is InChI=1S/C20H24N2O4S/c23-21(24)19-11-7-17(8-12-19)5-1-3-15-27-16-4-2-6-18-9-13-20(14-10-18)22(25)26/h7-14H,1-6,15-16H2. The van der Waals surface area contributed by atoms with Gasteiger partial charge in [0.25, 0.3) is 11.4 Å². The highest BCUT2D eigenvalue weighted by molar-refractivity contribution is 7.99. The molecular formula is C20H24N2O4S. The summed E-state index contributed by atoms with van der Waals surface area (Å²) in [7, 11) is 0. The van der Waals surface area contributed by atoms with E-state index in [1.165, 1.54) is 0 Å². The van der Waals surface area contributed by atoms with Crippen molar-refractivity contribution in [2.45, 2.75) is 38.5 Å². The maximum atomic E-state index is 10.6. The molecule has 0 aliphatic rings. The summed E-state index contributed by atoms with van der Waals surface area (Å²) in [4.78, 5) is 20.5. The molecule has 0 amide bonds. The first-order chi connectivity index (χ1) is 13.1. The molecule has 2 aromatic rings. The SMILES string of the molecule is O=[N+]([O-])c1ccc(CCCCSCCCCc2ccc([N+](=O)[O-])cc2)cc1. The third-order valence-electron chi connectivity index (χ3n) is 4.30. The predicted octanol–water partition coefficient (Wildman–Crippen LogP) is 5.58. The number of thioether (sulfide) groups is 1. The molecular weight excluding hydrogens is 364 g/mol. The smallest absolute Gasteiger partial charge is 0.258 e. The van der Waals surface area contributed by atoms with Gasteiger partial charge < -0.3 is 0 Å². The number of hydrogen-bond acceptors (Lipinski definition) is 5. The number of nitro benzene ring substituents is 2. The van der Waals surface area contributed by atoms with Gasteiger partial charge in [-0.2, -0.15) is 11.8 Å². The summed E-state index contributed by atoms with van der Waals surface area (Å²) in [5.74, 6) is 2.26. The van der Waals surface area contributed by atoms with Gasteiger partial charge in [0.1, 0.15) is 0 Å². The number of nitro groups is 2. The lowest BCUT2D eigenvalue weighted by atomic mass is 10.1. The maximum absolute atomic E-state index is 10.6. The van der Waals surface area contributed by atoms with Gasteiger partial charge in [0.2, 0.25) is 0 Å². The topological polar surface area (TPSA) is 86.3 Å². The zero-order valence-electron chi connectivity index (χ0n) is 15.2. The van der Waals surface area contributed by atoms with E-state index in [1.807, 2.05) is 36.0 Å². The Morgan fingerprint density at radius 3 is 1.33 bits per heavy atom. The lowest BCUT2D eigenvalue weighted by molar-refractivity contribution is -0.385. The normalized spacial score (nSPS) is 10.7. The summed E-state index contributed by atoms with van der Waals surface area (Å²) < 4.78 is 0. The molecule has 144 valence electrons. The predicted molar refractivity (Wildman–Crippen MR) is 109 cm³/mol. The zero-order chi connectivity index (χ0) is 19.5. The van der Waals surface area contributed by atoms with Crippen LogP contribution in [0.2, 0.25) is 0 Å². The minimum absolute atomic E-state index is 0.142. The molecule has 0 radical (unpaired) electrons. The Labute approximate surface area is 163 Å². The van der Waals surface area contributed by atoms with Crippen LogP contribution in [0.3, 0.4) is 0 Å². The number of nitrogens with zero attached hydrogens (tertiary/aromatic N) is 2. The highest BCUT2D eigenvalue weighted by Crippen LogP contribution is 2.16. The Balaban J connectivity index is 1.48. The molecule has 6 nitrogen and oxygen atoms in total. The van der Waals surface area contributed by atoms with Crippen LogP contribution in [0, 0.1) is 20.2 Å². The van der Waals surface area contributed by atoms with E-state index < -0.39 is 0 Å². The van der Waals surface area contributed by atoms with Crippen molar-refractivity contribution in [1.29, 1.82) is 0 Å². The molecule has 0 aliphatic carbocycles. The minimum Gasteiger partial charge on any atom is -0.258 e. The van der Waals surface area contributed by atoms with Crippen molar-refractivity contribution in [2.24, 2.45) is 0 Å². The van der Waals surface area contributed by atoms with Gasteiger partial charge in [-0.15, -0.1) is 0 Å². The van der Waals surface area contributed by atoms with E-state index >= 15 is 0 Å². The van der Waals surface area contributed by atoms with Gasteiger partial charge in [-0.1, -0.05) is 24.3 Å². The largest absolute Gasteiger partial charge is 0.269 e. The van der Waals surface area contributed by atoms with Gasteiger partial charge in [-0.05, 0) is 61.2 Å². The molecule has 0 N–H and O–H groups in total. The van der Waals surface area contributed by atoms with Crippen molar-refractivity contribution in [1.82, 2.24) is 0 Å². The molecule has 0 saturated carbocycles. The second kappa shape index (κ2) is 11.3. The molecule has 0 bridgehead atoms. The molecule has 7 heteroatoms. The minimum atomic E-state index is -0.373. The van der Waals surface area contributed by atoms with Crippen LogP contribution >= 0.6 is 11.8 Å². The number of rotatable bonds is 12. The van der Waals surface area contributed by atoms with E-state index in [-0.39, 0.29) is 21.2 Å². The van der Waals surface area contributed by atoms with Crippen LogP contribution in [0.4, 0.5) is 11.4 Å². The van der Waals surface area contributed by atoms with Crippen LogP contribution in [0.5, 0.6) is 0 Å². The van der Waals surface area contributed by atoms with Crippen molar-refractivity contribution >= 4 is 23.1 Å². The molecule has 2 rings (SSSR count). The second-order valence-electron chi connectivity index (χ2n) is 6.37. The summed E-state index contributed by atoms with van der Waals surface area (Å²) in [5.41, 5.74) is 2.58. The zero-order valence-corrected chi connectivity index (χ0v) is 16.0. The molecule has 27 heavy (non-hydrogen) atoms. The third-order valence-corrected chi connectivity index (χ3v) is 5.46. The Morgan fingerprint density at radius 1 is 0.630 bits per heavy atom. The summed E-state index contributed by atoms with van der Waals surface area (Å²) in [6.07, 6.45) is 6.38. The molecule has 0 spiro atoms. The molecule has 0 unspecified atom stereocenters. The summed E-state index contributed by atoms with van der Waals surface area (Å²) in [5, 5.41) is 21.2. The molecule has 0 aliphatic heterocycles. The number of aryl methyl sites for hydroxylation is 2. The average Bonchev–Trinajstić information content (AvgIpc) is 2.67. The summed E-state index contributed by atoms with van der Waals surface area (Å²) in [6.45, 7) is 0. The first kappa shape index (κ1) is 20.9. The van der Waals surface area contributed by atoms with Crippen molar-refractivity contribution in [2.75, 3.05) is 11.5 Å². The molecule has 0 heterocycles. The summed E-state index contributed by atoms with van der Waals surface area (Å²) >= 11 is 1.96. The Bertz CT molecular complexity index is 669. The van der Waals surface area contributed by atoms with Gasteiger partial charge in [-0.3, -0.25) is 20.2 Å². The van der Waals surface area contributed by atoms with Crippen LogP contribution in [0.25, 0.3) is 0 Å². The van der Waals surface area contributed by atoms with E-state index in [1.54, 1.807) is 24.3 Å². The fourth-order valence-electron chi connectivity index (χ4n) is 2.74. The Kier molecular flexibility index (Phi) is 8.77. The number of unbranched alkanes of at least 4 members (excludes halogenated alkanes) is 2. The number of non-ortho nitro benzene ring substituents is 2. The van der Waals surface area contributed by atoms with Gasteiger partial charge in [-0.25, -0.2) is 0 Å². The van der Waals surface area contributed by atoms with Gasteiger partial charge in [0.05, 0.1) is 9.85 Å². The molecule has 0 saturated heterocycles. The van der Waals surface area contributed by atoms with Crippen molar-refractivity contribution < 1.29 is 9.85 Å².